The SMILES string of the molecule is C/N=C/c1ccccc1Cn1cc(OC)c(=O)nc1Nc1cccc(Cl)c1C. The quantitative estimate of drug-likeness (QED) is 0.638. The largest absolute Gasteiger partial charge is 0.490 e. The number of hydrogen-bond acceptors (Lipinski definition) is 5. The van der Waals surface area contributed by atoms with Crippen molar-refractivity contribution < 1.29 is 4.74 Å². The molecule has 1 aromatic heterocycles. The lowest BCUT2D eigenvalue weighted by Gasteiger charge is -2.17. The summed E-state index contributed by atoms with van der Waals surface area (Å²) in [7, 11) is 3.18. The van der Waals surface area contributed by atoms with Crippen molar-refractivity contribution in [2.45, 2.75) is 13.5 Å². The van der Waals surface area contributed by atoms with Gasteiger partial charge in [0.05, 0.1) is 19.9 Å². The summed E-state index contributed by atoms with van der Waals surface area (Å²) in [5.41, 5.74) is 3.24. The van der Waals surface area contributed by atoms with E-state index in [-0.39, 0.29) is 5.75 Å². The van der Waals surface area contributed by atoms with Crippen LogP contribution >= 0.6 is 11.6 Å². The third kappa shape index (κ3) is 4.23. The Balaban J connectivity index is 2.07. The number of rotatable bonds is 6. The standard InChI is InChI=1S/C21H21ClN4O2/c1-14-17(22)9-6-10-18(14)24-21-25-20(27)19(28-3)13-26(21)12-16-8-5-4-7-15(16)11-23-2/h4-11,13H,12H2,1-3H3,(H,24,25,27)/b23-11+. The minimum absolute atomic E-state index is 0.176. The van der Waals surface area contributed by atoms with E-state index in [1.165, 1.54) is 7.11 Å². The molecule has 2 aromatic carbocycles. The van der Waals surface area contributed by atoms with Crippen LogP contribution in [0.2, 0.25) is 5.02 Å². The van der Waals surface area contributed by atoms with Crippen molar-refractivity contribution in [3.8, 4) is 5.75 Å². The maximum Gasteiger partial charge on any atom is 0.316 e. The molecular formula is C21H21ClN4O2. The van der Waals surface area contributed by atoms with E-state index in [1.54, 1.807) is 19.5 Å². The Morgan fingerprint density at radius 2 is 2.04 bits per heavy atom. The summed E-state index contributed by atoms with van der Waals surface area (Å²) >= 11 is 6.22. The Labute approximate surface area is 168 Å². The number of benzene rings is 2. The maximum absolute atomic E-state index is 12.3. The van der Waals surface area contributed by atoms with Gasteiger partial charge in [0.2, 0.25) is 11.7 Å². The lowest BCUT2D eigenvalue weighted by atomic mass is 10.1. The van der Waals surface area contributed by atoms with Crippen molar-refractivity contribution in [3.63, 3.8) is 0 Å². The monoisotopic (exact) mass is 396 g/mol. The molecular weight excluding hydrogens is 376 g/mol. The molecule has 1 N–H and O–H groups in total. The van der Waals surface area contributed by atoms with E-state index in [2.05, 4.69) is 15.3 Å². The zero-order chi connectivity index (χ0) is 20.1. The van der Waals surface area contributed by atoms with Crippen LogP contribution in [-0.4, -0.2) is 29.9 Å². The molecule has 7 heteroatoms. The first kappa shape index (κ1) is 19.6. The highest BCUT2D eigenvalue weighted by Gasteiger charge is 2.12. The lowest BCUT2D eigenvalue weighted by molar-refractivity contribution is 0.402. The van der Waals surface area contributed by atoms with Gasteiger partial charge in [-0.3, -0.25) is 9.79 Å². The number of anilines is 2. The Kier molecular flexibility index (Phi) is 6.11. The topological polar surface area (TPSA) is 68.5 Å². The van der Waals surface area contributed by atoms with Gasteiger partial charge in [0, 0.05) is 24.0 Å². The van der Waals surface area contributed by atoms with Crippen LogP contribution in [0.15, 0.2) is 58.4 Å². The third-order valence-electron chi connectivity index (χ3n) is 4.36. The van der Waals surface area contributed by atoms with Crippen molar-refractivity contribution in [3.05, 3.63) is 80.7 Å². The van der Waals surface area contributed by atoms with Gasteiger partial charge in [-0.25, -0.2) is 0 Å². The minimum atomic E-state index is -0.440. The molecule has 0 spiro atoms. The molecule has 1 heterocycles. The van der Waals surface area contributed by atoms with Crippen molar-refractivity contribution in [2.75, 3.05) is 19.5 Å². The van der Waals surface area contributed by atoms with Gasteiger partial charge >= 0.3 is 5.56 Å². The second kappa shape index (κ2) is 8.71. The number of nitrogens with zero attached hydrogens (tertiary/aromatic N) is 3. The van der Waals surface area contributed by atoms with Crippen LogP contribution in [0.1, 0.15) is 16.7 Å². The van der Waals surface area contributed by atoms with E-state index >= 15 is 0 Å². The summed E-state index contributed by atoms with van der Waals surface area (Å²) in [5, 5.41) is 3.86. The van der Waals surface area contributed by atoms with Gasteiger partial charge in [0.15, 0.2) is 0 Å². The number of hydrogen-bond donors (Lipinski definition) is 1. The summed E-state index contributed by atoms with van der Waals surface area (Å²) < 4.78 is 7.01. The molecule has 28 heavy (non-hydrogen) atoms. The van der Waals surface area contributed by atoms with Crippen LogP contribution < -0.4 is 15.6 Å². The summed E-state index contributed by atoms with van der Waals surface area (Å²) in [4.78, 5) is 20.5. The molecule has 0 fully saturated rings. The molecule has 6 nitrogen and oxygen atoms in total. The van der Waals surface area contributed by atoms with Crippen molar-refractivity contribution in [1.82, 2.24) is 9.55 Å². The van der Waals surface area contributed by atoms with Crippen molar-refractivity contribution >= 4 is 29.5 Å². The van der Waals surface area contributed by atoms with E-state index in [0.717, 1.165) is 22.4 Å². The Morgan fingerprint density at radius 1 is 1.25 bits per heavy atom. The lowest BCUT2D eigenvalue weighted by Crippen LogP contribution is -2.19. The molecule has 0 aliphatic rings. The highest BCUT2D eigenvalue weighted by Crippen LogP contribution is 2.26. The van der Waals surface area contributed by atoms with E-state index < -0.39 is 5.56 Å². The second-order valence-electron chi connectivity index (χ2n) is 6.19. The van der Waals surface area contributed by atoms with Gasteiger partial charge in [0.1, 0.15) is 0 Å². The number of halogens is 1. The number of nitrogens with one attached hydrogen (secondary N) is 1. The van der Waals surface area contributed by atoms with E-state index in [1.807, 2.05) is 54.0 Å². The Bertz CT molecular complexity index is 1080. The third-order valence-corrected chi connectivity index (χ3v) is 4.77. The van der Waals surface area contributed by atoms with Crippen LogP contribution in [0, 0.1) is 6.92 Å². The second-order valence-corrected chi connectivity index (χ2v) is 6.60. The zero-order valence-electron chi connectivity index (χ0n) is 15.9. The molecule has 0 bridgehead atoms. The van der Waals surface area contributed by atoms with Gasteiger partial charge in [-0.15, -0.1) is 0 Å². The summed E-state index contributed by atoms with van der Waals surface area (Å²) in [5.74, 6) is 0.578. The molecule has 0 radical (unpaired) electrons. The van der Waals surface area contributed by atoms with Crippen LogP contribution in [0.4, 0.5) is 11.6 Å². The van der Waals surface area contributed by atoms with Gasteiger partial charge in [-0.2, -0.15) is 4.98 Å². The molecule has 3 aromatic rings. The predicted molar refractivity (Wildman–Crippen MR) is 114 cm³/mol. The molecule has 0 unspecified atom stereocenters. The van der Waals surface area contributed by atoms with Gasteiger partial charge in [-0.1, -0.05) is 41.9 Å². The fourth-order valence-electron chi connectivity index (χ4n) is 2.82. The molecule has 0 atom stereocenters. The first-order chi connectivity index (χ1) is 13.5. The number of ether oxygens (including phenoxy) is 1. The fourth-order valence-corrected chi connectivity index (χ4v) is 3.00. The Hall–Kier alpha value is -3.12. The van der Waals surface area contributed by atoms with Gasteiger partial charge in [0.25, 0.3) is 0 Å². The number of methoxy groups -OCH3 is 1. The summed E-state index contributed by atoms with van der Waals surface area (Å²) in [6, 6.07) is 13.5. The van der Waals surface area contributed by atoms with Crippen LogP contribution in [0.25, 0.3) is 0 Å². The summed E-state index contributed by atoms with van der Waals surface area (Å²) in [6.07, 6.45) is 3.45. The molecule has 144 valence electrons. The van der Waals surface area contributed by atoms with Crippen LogP contribution in [0.5, 0.6) is 5.75 Å². The smallest absolute Gasteiger partial charge is 0.316 e. The van der Waals surface area contributed by atoms with Crippen molar-refractivity contribution in [2.24, 2.45) is 4.99 Å². The molecule has 3 rings (SSSR count). The van der Waals surface area contributed by atoms with Gasteiger partial charge < -0.3 is 14.6 Å². The van der Waals surface area contributed by atoms with E-state index in [9.17, 15) is 4.79 Å². The number of aromatic nitrogens is 2. The van der Waals surface area contributed by atoms with Crippen LogP contribution in [0.3, 0.4) is 0 Å². The fraction of sp³-hybridized carbons (Fsp3) is 0.190. The Morgan fingerprint density at radius 3 is 2.79 bits per heavy atom. The molecule has 0 amide bonds. The first-order valence-corrected chi connectivity index (χ1v) is 9.09. The van der Waals surface area contributed by atoms with E-state index in [0.29, 0.717) is 17.5 Å². The maximum atomic E-state index is 12.3. The first-order valence-electron chi connectivity index (χ1n) is 8.71. The van der Waals surface area contributed by atoms with Gasteiger partial charge in [-0.05, 0) is 35.7 Å². The molecule has 0 aliphatic carbocycles. The van der Waals surface area contributed by atoms with E-state index in [4.69, 9.17) is 16.3 Å². The average molecular weight is 397 g/mol. The predicted octanol–water partition coefficient (Wildman–Crippen LogP) is 4.05. The normalized spacial score (nSPS) is 11.0. The molecule has 0 saturated heterocycles. The zero-order valence-corrected chi connectivity index (χ0v) is 16.7. The molecule has 0 aliphatic heterocycles. The average Bonchev–Trinajstić information content (AvgIpc) is 2.69. The van der Waals surface area contributed by atoms with Crippen LogP contribution in [-0.2, 0) is 6.54 Å². The highest BCUT2D eigenvalue weighted by atomic mass is 35.5. The number of aliphatic imine (C=N–C) groups is 1. The summed E-state index contributed by atoms with van der Waals surface area (Å²) in [6.45, 7) is 2.39. The molecule has 0 saturated carbocycles. The minimum Gasteiger partial charge on any atom is -0.490 e. The highest BCUT2D eigenvalue weighted by molar-refractivity contribution is 6.31. The van der Waals surface area contributed by atoms with Crippen molar-refractivity contribution in [1.29, 1.82) is 0 Å².